The molecule has 1 aliphatic heterocycles. The van der Waals surface area contributed by atoms with Crippen molar-refractivity contribution in [2.24, 2.45) is 45.3 Å². The van der Waals surface area contributed by atoms with Crippen LogP contribution >= 0.6 is 0 Å². The maximum atomic E-state index is 11.6. The van der Waals surface area contributed by atoms with Gasteiger partial charge in [-0.2, -0.15) is 0 Å². The van der Waals surface area contributed by atoms with Crippen LogP contribution in [0.25, 0.3) is 0 Å². The molecule has 0 spiro atoms. The van der Waals surface area contributed by atoms with Gasteiger partial charge in [0.25, 0.3) is 0 Å². The smallest absolute Gasteiger partial charge is 0.162 e. The van der Waals surface area contributed by atoms with Gasteiger partial charge in [-0.25, -0.2) is 0 Å². The van der Waals surface area contributed by atoms with Crippen LogP contribution in [-0.2, 0) is 4.74 Å². The predicted molar refractivity (Wildman–Crippen MR) is 110 cm³/mol. The third-order valence-electron chi connectivity index (χ3n) is 11.0. The van der Waals surface area contributed by atoms with E-state index in [2.05, 4.69) is 40.7 Å². The number of rotatable bonds is 0. The summed E-state index contributed by atoms with van der Waals surface area (Å²) in [4.78, 5) is 0. The fraction of sp³-hybridized carbons (Fsp3) is 0.920. The third-order valence-corrected chi connectivity index (χ3v) is 11.0. The molecule has 1 heterocycles. The quantitative estimate of drug-likeness (QED) is 0.579. The van der Waals surface area contributed by atoms with Gasteiger partial charge >= 0.3 is 0 Å². The Kier molecular flexibility index (Phi) is 4.09. The lowest BCUT2D eigenvalue weighted by Crippen LogP contribution is -2.66. The van der Waals surface area contributed by atoms with Crippen LogP contribution in [0.2, 0.25) is 0 Å². The molecule has 5 aliphatic rings. The van der Waals surface area contributed by atoms with Gasteiger partial charge < -0.3 is 14.9 Å². The number of allylic oxidation sites excluding steroid dienone is 1. The normalized spacial score (nSPS) is 57.5. The molecule has 9 atom stereocenters. The first-order chi connectivity index (χ1) is 13.0. The molecule has 4 fully saturated rings. The van der Waals surface area contributed by atoms with E-state index < -0.39 is 6.29 Å². The molecule has 0 aromatic heterocycles. The van der Waals surface area contributed by atoms with Crippen molar-refractivity contribution in [3.05, 3.63) is 11.6 Å². The SMILES string of the molecule is CC1(C)CCC[C@@]2(C)C1CC[C@]1(C)C2C[C@@H](O)[C@@]2(C)C1CC=C1CO[C@@H](O)[C@@H]12. The summed E-state index contributed by atoms with van der Waals surface area (Å²) in [5.41, 5.74) is 1.92. The van der Waals surface area contributed by atoms with Crippen molar-refractivity contribution >= 4 is 0 Å². The minimum Gasteiger partial charge on any atom is -0.393 e. The molecule has 3 unspecified atom stereocenters. The molecule has 5 rings (SSSR count). The Balaban J connectivity index is 1.59. The number of hydrogen-bond acceptors (Lipinski definition) is 3. The average molecular weight is 389 g/mol. The molecule has 28 heavy (non-hydrogen) atoms. The largest absolute Gasteiger partial charge is 0.393 e. The molecular weight excluding hydrogens is 348 g/mol. The molecule has 4 aliphatic carbocycles. The molecule has 158 valence electrons. The predicted octanol–water partition coefficient (Wildman–Crippen LogP) is 4.92. The molecule has 3 saturated carbocycles. The number of aliphatic hydroxyl groups excluding tert-OH is 2. The van der Waals surface area contributed by atoms with Crippen LogP contribution in [-0.4, -0.2) is 29.2 Å². The summed E-state index contributed by atoms with van der Waals surface area (Å²) in [7, 11) is 0. The van der Waals surface area contributed by atoms with Crippen LogP contribution in [0.5, 0.6) is 0 Å². The van der Waals surface area contributed by atoms with Crippen molar-refractivity contribution in [1.29, 1.82) is 0 Å². The van der Waals surface area contributed by atoms with Crippen molar-refractivity contribution < 1.29 is 14.9 Å². The Morgan fingerprint density at radius 2 is 1.64 bits per heavy atom. The Labute approximate surface area is 170 Å². The zero-order chi connectivity index (χ0) is 20.1. The molecule has 1 saturated heterocycles. The van der Waals surface area contributed by atoms with Crippen LogP contribution in [0, 0.1) is 45.3 Å². The summed E-state index contributed by atoms with van der Waals surface area (Å²) in [5.74, 6) is 1.72. The zero-order valence-electron chi connectivity index (χ0n) is 18.5. The van der Waals surface area contributed by atoms with Crippen LogP contribution in [0.1, 0.15) is 79.6 Å². The number of ether oxygens (including phenoxy) is 1. The molecule has 3 heteroatoms. The van der Waals surface area contributed by atoms with Crippen LogP contribution in [0.15, 0.2) is 11.6 Å². The summed E-state index contributed by atoms with van der Waals surface area (Å²) in [6, 6.07) is 0. The zero-order valence-corrected chi connectivity index (χ0v) is 18.5. The summed E-state index contributed by atoms with van der Waals surface area (Å²) in [6.45, 7) is 12.9. The second-order valence-corrected chi connectivity index (χ2v) is 12.4. The van der Waals surface area contributed by atoms with Crippen molar-refractivity contribution in [2.45, 2.75) is 92.0 Å². The van der Waals surface area contributed by atoms with Gasteiger partial charge in [0.05, 0.1) is 12.7 Å². The van der Waals surface area contributed by atoms with E-state index in [-0.39, 0.29) is 22.9 Å². The van der Waals surface area contributed by atoms with E-state index in [0.717, 1.165) is 18.8 Å². The Morgan fingerprint density at radius 3 is 2.39 bits per heavy atom. The van der Waals surface area contributed by atoms with E-state index in [0.29, 0.717) is 29.3 Å². The summed E-state index contributed by atoms with van der Waals surface area (Å²) < 4.78 is 5.64. The highest BCUT2D eigenvalue weighted by Crippen LogP contribution is 2.73. The second-order valence-electron chi connectivity index (χ2n) is 12.4. The Hall–Kier alpha value is -0.380. The monoisotopic (exact) mass is 388 g/mol. The molecule has 0 radical (unpaired) electrons. The fourth-order valence-electron chi connectivity index (χ4n) is 9.72. The summed E-state index contributed by atoms with van der Waals surface area (Å²) >= 11 is 0. The molecule has 0 aromatic rings. The van der Waals surface area contributed by atoms with Crippen LogP contribution < -0.4 is 0 Å². The van der Waals surface area contributed by atoms with Gasteiger partial charge in [0.1, 0.15) is 0 Å². The molecule has 0 amide bonds. The highest BCUT2D eigenvalue weighted by molar-refractivity contribution is 5.27. The first kappa shape index (κ1) is 19.6. The van der Waals surface area contributed by atoms with Crippen LogP contribution in [0.4, 0.5) is 0 Å². The van der Waals surface area contributed by atoms with E-state index in [4.69, 9.17) is 4.74 Å². The van der Waals surface area contributed by atoms with Gasteiger partial charge in [0, 0.05) is 11.3 Å². The molecule has 3 nitrogen and oxygen atoms in total. The number of fused-ring (bicyclic) bond motifs is 7. The standard InChI is InChI=1S/C25H40O3/c1-22(2)10-6-11-23(3)16(22)9-12-24(4)17-8-7-15-14-28-21(27)20(15)25(17,5)19(26)13-18(23)24/h7,16-21,26-27H,6,8-14H2,1-5H3/t16?,17?,18?,19-,20-,21-,23+,24+,25-/m1/s1. The van der Waals surface area contributed by atoms with E-state index >= 15 is 0 Å². The third kappa shape index (κ3) is 2.22. The minimum atomic E-state index is -0.755. The van der Waals surface area contributed by atoms with Crippen molar-refractivity contribution in [1.82, 2.24) is 0 Å². The Bertz CT molecular complexity index is 698. The average Bonchev–Trinajstić information content (AvgIpc) is 2.99. The van der Waals surface area contributed by atoms with Gasteiger partial charge in [-0.15, -0.1) is 0 Å². The van der Waals surface area contributed by atoms with E-state index in [1.54, 1.807) is 0 Å². The Morgan fingerprint density at radius 1 is 0.929 bits per heavy atom. The molecular formula is C25H40O3. The van der Waals surface area contributed by atoms with E-state index in [1.165, 1.54) is 37.7 Å². The first-order valence-corrected chi connectivity index (χ1v) is 11.7. The number of aliphatic hydroxyl groups is 2. The van der Waals surface area contributed by atoms with Gasteiger partial charge in [-0.3, -0.25) is 0 Å². The fourth-order valence-corrected chi connectivity index (χ4v) is 9.72. The molecule has 2 N–H and O–H groups in total. The highest BCUT2D eigenvalue weighted by atomic mass is 16.6. The van der Waals surface area contributed by atoms with Crippen molar-refractivity contribution in [3.8, 4) is 0 Å². The summed E-state index contributed by atoms with van der Waals surface area (Å²) in [6.07, 6.45) is 9.73. The van der Waals surface area contributed by atoms with E-state index in [1.807, 2.05) is 0 Å². The lowest BCUT2D eigenvalue weighted by Gasteiger charge is -2.70. The minimum absolute atomic E-state index is 0.0349. The van der Waals surface area contributed by atoms with E-state index in [9.17, 15) is 10.2 Å². The van der Waals surface area contributed by atoms with Gasteiger partial charge in [-0.1, -0.05) is 47.1 Å². The maximum Gasteiger partial charge on any atom is 0.162 e. The van der Waals surface area contributed by atoms with Gasteiger partial charge in [0.15, 0.2) is 6.29 Å². The lowest BCUT2D eigenvalue weighted by molar-refractivity contribution is -0.247. The highest BCUT2D eigenvalue weighted by Gasteiger charge is 2.69. The lowest BCUT2D eigenvalue weighted by atomic mass is 9.35. The van der Waals surface area contributed by atoms with Crippen LogP contribution in [0.3, 0.4) is 0 Å². The molecule has 0 bridgehead atoms. The summed E-state index contributed by atoms with van der Waals surface area (Å²) in [5, 5.41) is 22.3. The van der Waals surface area contributed by atoms with Crippen molar-refractivity contribution in [2.75, 3.05) is 6.61 Å². The van der Waals surface area contributed by atoms with Crippen molar-refractivity contribution in [3.63, 3.8) is 0 Å². The van der Waals surface area contributed by atoms with Gasteiger partial charge in [-0.05, 0) is 78.1 Å². The van der Waals surface area contributed by atoms with Gasteiger partial charge in [0.2, 0.25) is 0 Å². The molecule has 0 aromatic carbocycles. The first-order valence-electron chi connectivity index (χ1n) is 11.7. The topological polar surface area (TPSA) is 49.7 Å². The number of hydrogen-bond donors (Lipinski definition) is 2. The second kappa shape index (κ2) is 5.86. The maximum absolute atomic E-state index is 11.6.